The molecule has 1 amide bonds. The number of carbonyl (C=O) groups excluding carboxylic acids is 1. The first kappa shape index (κ1) is 13.9. The Morgan fingerprint density at radius 1 is 1.53 bits per heavy atom. The molecular weight excluding hydrogens is 242 g/mol. The predicted octanol–water partition coefficient (Wildman–Crippen LogP) is 1.53. The number of carbonyl (C=O) groups is 1. The molecule has 0 saturated heterocycles. The van der Waals surface area contributed by atoms with E-state index in [0.717, 1.165) is 29.7 Å². The number of ether oxygens (including phenoxy) is 1. The monoisotopic (exact) mass is 263 g/mol. The number of aliphatic hydroxyl groups is 1. The van der Waals surface area contributed by atoms with E-state index in [1.54, 1.807) is 14.0 Å². The zero-order valence-corrected chi connectivity index (χ0v) is 11.7. The number of hydrogen-bond acceptors (Lipinski definition) is 3. The van der Waals surface area contributed by atoms with E-state index in [0.29, 0.717) is 6.54 Å². The largest absolute Gasteiger partial charge is 0.496 e. The van der Waals surface area contributed by atoms with E-state index in [2.05, 4.69) is 5.32 Å². The van der Waals surface area contributed by atoms with Gasteiger partial charge < -0.3 is 15.2 Å². The third kappa shape index (κ3) is 2.73. The molecule has 1 aromatic rings. The van der Waals surface area contributed by atoms with Gasteiger partial charge in [-0.3, -0.25) is 4.79 Å². The zero-order valence-electron chi connectivity index (χ0n) is 11.7. The van der Waals surface area contributed by atoms with Crippen LogP contribution >= 0.6 is 0 Å². The molecule has 1 atom stereocenters. The predicted molar refractivity (Wildman–Crippen MR) is 73.3 cm³/mol. The summed E-state index contributed by atoms with van der Waals surface area (Å²) in [6.07, 6.45) is 1.18. The fraction of sp³-hybridized carbons (Fsp3) is 0.533. The van der Waals surface area contributed by atoms with Gasteiger partial charge in [-0.2, -0.15) is 0 Å². The van der Waals surface area contributed by atoms with Gasteiger partial charge in [0.15, 0.2) is 0 Å². The molecule has 0 radical (unpaired) electrons. The molecule has 0 aromatic heterocycles. The molecule has 104 valence electrons. The van der Waals surface area contributed by atoms with Crippen LogP contribution in [0.5, 0.6) is 5.75 Å². The van der Waals surface area contributed by atoms with Crippen molar-refractivity contribution in [2.75, 3.05) is 13.7 Å². The van der Waals surface area contributed by atoms with Crippen LogP contribution in [0, 0.1) is 6.92 Å². The van der Waals surface area contributed by atoms with Gasteiger partial charge in [-0.05, 0) is 43.9 Å². The summed E-state index contributed by atoms with van der Waals surface area (Å²) in [5.41, 5.74) is 1.64. The van der Waals surface area contributed by atoms with Crippen LogP contribution in [0.2, 0.25) is 0 Å². The van der Waals surface area contributed by atoms with Gasteiger partial charge >= 0.3 is 0 Å². The summed E-state index contributed by atoms with van der Waals surface area (Å²) < 4.78 is 5.31. The Hall–Kier alpha value is -1.55. The number of rotatable bonds is 5. The molecule has 4 nitrogen and oxygen atoms in total. The Morgan fingerprint density at radius 2 is 2.21 bits per heavy atom. The fourth-order valence-corrected chi connectivity index (χ4v) is 2.30. The fourth-order valence-electron chi connectivity index (χ4n) is 2.30. The summed E-state index contributed by atoms with van der Waals surface area (Å²) in [4.78, 5) is 12.3. The lowest BCUT2D eigenvalue weighted by molar-refractivity contribution is -0.124. The minimum Gasteiger partial charge on any atom is -0.496 e. The van der Waals surface area contributed by atoms with Crippen molar-refractivity contribution in [1.82, 2.24) is 5.32 Å². The van der Waals surface area contributed by atoms with Gasteiger partial charge in [-0.1, -0.05) is 12.1 Å². The lowest BCUT2D eigenvalue weighted by Gasteiger charge is -2.18. The maximum Gasteiger partial charge on any atom is 0.230 e. The molecule has 1 saturated carbocycles. The topological polar surface area (TPSA) is 58.6 Å². The van der Waals surface area contributed by atoms with Crippen molar-refractivity contribution in [2.24, 2.45) is 0 Å². The third-order valence-corrected chi connectivity index (χ3v) is 3.70. The SMILES string of the molecule is COc1cc(C2(C(=O)NCC(C)O)CC2)ccc1C. The van der Waals surface area contributed by atoms with Gasteiger partial charge in [0, 0.05) is 6.54 Å². The quantitative estimate of drug-likeness (QED) is 0.847. The highest BCUT2D eigenvalue weighted by Gasteiger charge is 2.51. The van der Waals surface area contributed by atoms with Crippen LogP contribution in [0.25, 0.3) is 0 Å². The van der Waals surface area contributed by atoms with Crippen LogP contribution in [-0.4, -0.2) is 30.8 Å². The minimum atomic E-state index is -0.521. The van der Waals surface area contributed by atoms with Gasteiger partial charge in [0.25, 0.3) is 0 Å². The highest BCUT2D eigenvalue weighted by molar-refractivity contribution is 5.91. The lowest BCUT2D eigenvalue weighted by atomic mass is 9.93. The number of hydrogen-bond donors (Lipinski definition) is 2. The van der Waals surface area contributed by atoms with Gasteiger partial charge in [0.2, 0.25) is 5.91 Å². The summed E-state index contributed by atoms with van der Waals surface area (Å²) in [6.45, 7) is 3.94. The van der Waals surface area contributed by atoms with Crippen LogP contribution in [0.4, 0.5) is 0 Å². The first-order chi connectivity index (χ1) is 8.99. The van der Waals surface area contributed by atoms with Gasteiger partial charge in [0.1, 0.15) is 5.75 Å². The first-order valence-electron chi connectivity index (χ1n) is 6.61. The van der Waals surface area contributed by atoms with Crippen LogP contribution in [0.3, 0.4) is 0 Å². The molecule has 0 aliphatic heterocycles. The van der Waals surface area contributed by atoms with Gasteiger partial charge in [0.05, 0.1) is 18.6 Å². The second-order valence-corrected chi connectivity index (χ2v) is 5.33. The number of nitrogens with one attached hydrogen (secondary N) is 1. The Kier molecular flexibility index (Phi) is 3.80. The van der Waals surface area contributed by atoms with Gasteiger partial charge in [-0.15, -0.1) is 0 Å². The van der Waals surface area contributed by atoms with E-state index in [1.807, 2.05) is 25.1 Å². The summed E-state index contributed by atoms with van der Waals surface area (Å²) in [5.74, 6) is 0.811. The number of aryl methyl sites for hydroxylation is 1. The highest BCUT2D eigenvalue weighted by atomic mass is 16.5. The number of methoxy groups -OCH3 is 1. The van der Waals surface area contributed by atoms with E-state index < -0.39 is 11.5 Å². The van der Waals surface area contributed by atoms with Crippen LogP contribution in [0.1, 0.15) is 30.9 Å². The molecule has 1 unspecified atom stereocenters. The lowest BCUT2D eigenvalue weighted by Crippen LogP contribution is -2.38. The van der Waals surface area contributed by atoms with E-state index in [9.17, 15) is 9.90 Å². The molecule has 0 bridgehead atoms. The average Bonchev–Trinajstić information content (AvgIpc) is 3.18. The van der Waals surface area contributed by atoms with Crippen molar-refractivity contribution in [3.05, 3.63) is 29.3 Å². The summed E-state index contributed by atoms with van der Waals surface area (Å²) in [5, 5.41) is 12.0. The van der Waals surface area contributed by atoms with E-state index in [-0.39, 0.29) is 5.91 Å². The summed E-state index contributed by atoms with van der Waals surface area (Å²) in [6, 6.07) is 5.92. The number of benzene rings is 1. The Labute approximate surface area is 113 Å². The minimum absolute atomic E-state index is 0.000642. The van der Waals surface area contributed by atoms with E-state index in [4.69, 9.17) is 4.74 Å². The molecule has 1 aromatic carbocycles. The maximum absolute atomic E-state index is 12.3. The normalized spacial score (nSPS) is 17.7. The Bertz CT molecular complexity index is 478. The molecule has 2 N–H and O–H groups in total. The van der Waals surface area contributed by atoms with Crippen molar-refractivity contribution in [2.45, 2.75) is 38.2 Å². The molecule has 1 fully saturated rings. The highest BCUT2D eigenvalue weighted by Crippen LogP contribution is 2.49. The van der Waals surface area contributed by atoms with Crippen LogP contribution in [-0.2, 0) is 10.2 Å². The van der Waals surface area contributed by atoms with Crippen LogP contribution in [0.15, 0.2) is 18.2 Å². The molecule has 0 heterocycles. The second kappa shape index (κ2) is 5.21. The zero-order chi connectivity index (χ0) is 14.0. The van der Waals surface area contributed by atoms with Crippen molar-refractivity contribution < 1.29 is 14.6 Å². The van der Waals surface area contributed by atoms with E-state index in [1.165, 1.54) is 0 Å². The van der Waals surface area contributed by atoms with Crippen molar-refractivity contribution in [3.8, 4) is 5.75 Å². The summed E-state index contributed by atoms with van der Waals surface area (Å²) in [7, 11) is 1.64. The number of amides is 1. The van der Waals surface area contributed by atoms with Crippen molar-refractivity contribution >= 4 is 5.91 Å². The molecule has 1 aliphatic carbocycles. The molecule has 19 heavy (non-hydrogen) atoms. The maximum atomic E-state index is 12.3. The smallest absolute Gasteiger partial charge is 0.230 e. The molecule has 0 spiro atoms. The molecule has 1 aliphatic rings. The number of aliphatic hydroxyl groups excluding tert-OH is 1. The van der Waals surface area contributed by atoms with Gasteiger partial charge in [-0.25, -0.2) is 0 Å². The average molecular weight is 263 g/mol. The molecular formula is C15H21NO3. The molecule has 4 heteroatoms. The Balaban J connectivity index is 2.18. The third-order valence-electron chi connectivity index (χ3n) is 3.70. The Morgan fingerprint density at radius 3 is 2.74 bits per heavy atom. The van der Waals surface area contributed by atoms with Crippen LogP contribution < -0.4 is 10.1 Å². The van der Waals surface area contributed by atoms with Crippen molar-refractivity contribution in [1.29, 1.82) is 0 Å². The molecule has 2 rings (SSSR count). The second-order valence-electron chi connectivity index (χ2n) is 5.33. The summed E-state index contributed by atoms with van der Waals surface area (Å²) >= 11 is 0. The van der Waals surface area contributed by atoms with E-state index >= 15 is 0 Å². The first-order valence-corrected chi connectivity index (χ1v) is 6.61. The van der Waals surface area contributed by atoms with Crippen molar-refractivity contribution in [3.63, 3.8) is 0 Å². The standard InChI is InChI=1S/C15H21NO3/c1-10-4-5-12(8-13(10)19-3)15(6-7-15)14(18)16-9-11(2)17/h4-5,8,11,17H,6-7,9H2,1-3H3,(H,16,18).